The molecule has 0 unspecified atom stereocenters. The fourth-order valence-electron chi connectivity index (χ4n) is 1.18. The Morgan fingerprint density at radius 1 is 0.750 bits per heavy atom. The SMILES string of the molecule is Nc1cc(C(F)(F)F)cc(N)c1C(F)(F)F. The molecule has 0 fully saturated rings. The van der Waals surface area contributed by atoms with Crippen molar-refractivity contribution in [3.8, 4) is 0 Å². The van der Waals surface area contributed by atoms with E-state index in [2.05, 4.69) is 0 Å². The smallest absolute Gasteiger partial charge is 0.398 e. The van der Waals surface area contributed by atoms with Crippen molar-refractivity contribution in [2.45, 2.75) is 12.4 Å². The van der Waals surface area contributed by atoms with Crippen LogP contribution in [0.3, 0.4) is 0 Å². The summed E-state index contributed by atoms with van der Waals surface area (Å²) in [7, 11) is 0. The summed E-state index contributed by atoms with van der Waals surface area (Å²) >= 11 is 0. The lowest BCUT2D eigenvalue weighted by Gasteiger charge is -2.15. The quantitative estimate of drug-likeness (QED) is 0.544. The largest absolute Gasteiger partial charge is 0.420 e. The molecule has 1 aromatic rings. The first-order valence-corrected chi connectivity index (χ1v) is 3.87. The number of rotatable bonds is 0. The Morgan fingerprint density at radius 3 is 1.38 bits per heavy atom. The number of hydrogen-bond acceptors (Lipinski definition) is 2. The van der Waals surface area contributed by atoms with Gasteiger partial charge in [-0.1, -0.05) is 0 Å². The molecule has 2 nitrogen and oxygen atoms in total. The minimum atomic E-state index is -4.88. The summed E-state index contributed by atoms with van der Waals surface area (Å²) in [6, 6.07) is 0.415. The molecule has 0 aliphatic carbocycles. The first-order chi connectivity index (χ1) is 7.03. The molecule has 8 heteroatoms. The van der Waals surface area contributed by atoms with Gasteiger partial charge >= 0.3 is 12.4 Å². The molecule has 0 saturated heterocycles. The molecular formula is C8H6F6N2. The molecule has 0 saturated carbocycles. The van der Waals surface area contributed by atoms with Gasteiger partial charge in [0.05, 0.1) is 5.56 Å². The molecule has 0 amide bonds. The molecule has 0 heterocycles. The second-order valence-corrected chi connectivity index (χ2v) is 3.03. The van der Waals surface area contributed by atoms with Gasteiger partial charge in [0.25, 0.3) is 0 Å². The number of anilines is 2. The third-order valence-corrected chi connectivity index (χ3v) is 1.81. The standard InChI is InChI=1S/C8H6F6N2/c9-7(10,11)3-1-4(15)6(5(16)2-3)8(12,13)14/h1-2H,15-16H2. The number of alkyl halides is 6. The minimum Gasteiger partial charge on any atom is -0.398 e. The van der Waals surface area contributed by atoms with Crippen molar-refractivity contribution in [1.82, 2.24) is 0 Å². The van der Waals surface area contributed by atoms with Crippen LogP contribution in [0.5, 0.6) is 0 Å². The summed E-state index contributed by atoms with van der Waals surface area (Å²) < 4.78 is 73.4. The molecule has 0 aliphatic rings. The van der Waals surface area contributed by atoms with E-state index in [0.29, 0.717) is 0 Å². The number of nitrogens with two attached hydrogens (primary N) is 2. The molecule has 16 heavy (non-hydrogen) atoms. The van der Waals surface area contributed by atoms with Gasteiger partial charge in [0.15, 0.2) is 0 Å². The predicted octanol–water partition coefficient (Wildman–Crippen LogP) is 2.89. The van der Waals surface area contributed by atoms with E-state index < -0.39 is 34.9 Å². The van der Waals surface area contributed by atoms with Crippen molar-refractivity contribution < 1.29 is 26.3 Å². The van der Waals surface area contributed by atoms with E-state index in [-0.39, 0.29) is 12.1 Å². The lowest BCUT2D eigenvalue weighted by molar-refractivity contribution is -0.140. The molecule has 90 valence electrons. The Hall–Kier alpha value is -1.60. The van der Waals surface area contributed by atoms with Crippen molar-refractivity contribution in [1.29, 1.82) is 0 Å². The minimum absolute atomic E-state index is 0.208. The second kappa shape index (κ2) is 3.46. The van der Waals surface area contributed by atoms with Gasteiger partial charge < -0.3 is 11.5 Å². The van der Waals surface area contributed by atoms with Gasteiger partial charge in [-0.15, -0.1) is 0 Å². The van der Waals surface area contributed by atoms with Crippen LogP contribution in [0.1, 0.15) is 11.1 Å². The van der Waals surface area contributed by atoms with Gasteiger partial charge in [0, 0.05) is 11.4 Å². The Bertz CT molecular complexity index is 383. The third-order valence-electron chi connectivity index (χ3n) is 1.81. The van der Waals surface area contributed by atoms with E-state index in [1.807, 2.05) is 0 Å². The fraction of sp³-hybridized carbons (Fsp3) is 0.250. The fourth-order valence-corrected chi connectivity index (χ4v) is 1.18. The lowest BCUT2D eigenvalue weighted by Crippen LogP contribution is -2.15. The molecule has 0 bridgehead atoms. The first kappa shape index (κ1) is 12.5. The van der Waals surface area contributed by atoms with E-state index in [0.717, 1.165) is 0 Å². The highest BCUT2D eigenvalue weighted by Crippen LogP contribution is 2.41. The van der Waals surface area contributed by atoms with Crippen LogP contribution in [-0.4, -0.2) is 0 Å². The van der Waals surface area contributed by atoms with Crippen LogP contribution in [-0.2, 0) is 12.4 Å². The van der Waals surface area contributed by atoms with Crippen molar-refractivity contribution in [2.75, 3.05) is 11.5 Å². The summed E-state index contributed by atoms with van der Waals surface area (Å²) in [5.74, 6) is 0. The zero-order valence-corrected chi connectivity index (χ0v) is 7.58. The van der Waals surface area contributed by atoms with Gasteiger partial charge in [0.2, 0.25) is 0 Å². The van der Waals surface area contributed by atoms with Crippen molar-refractivity contribution in [3.63, 3.8) is 0 Å². The summed E-state index contributed by atoms with van der Waals surface area (Å²) in [4.78, 5) is 0. The van der Waals surface area contributed by atoms with Crippen molar-refractivity contribution in [2.24, 2.45) is 0 Å². The van der Waals surface area contributed by atoms with Crippen LogP contribution in [0.2, 0.25) is 0 Å². The van der Waals surface area contributed by atoms with Gasteiger partial charge in [-0.3, -0.25) is 0 Å². The van der Waals surface area contributed by atoms with Crippen LogP contribution >= 0.6 is 0 Å². The van der Waals surface area contributed by atoms with E-state index in [4.69, 9.17) is 11.5 Å². The van der Waals surface area contributed by atoms with E-state index in [9.17, 15) is 26.3 Å². The maximum Gasteiger partial charge on any atom is 0.420 e. The van der Waals surface area contributed by atoms with Crippen molar-refractivity contribution >= 4 is 11.4 Å². The van der Waals surface area contributed by atoms with Crippen LogP contribution in [0.4, 0.5) is 37.7 Å². The molecule has 0 radical (unpaired) electrons. The van der Waals surface area contributed by atoms with E-state index in [1.54, 1.807) is 0 Å². The number of halogens is 6. The normalized spacial score (nSPS) is 12.9. The maximum atomic E-state index is 12.3. The Labute approximate surface area is 85.8 Å². The number of nitrogen functional groups attached to an aromatic ring is 2. The van der Waals surface area contributed by atoms with Gasteiger partial charge in [-0.05, 0) is 12.1 Å². The predicted molar refractivity (Wildman–Crippen MR) is 45.3 cm³/mol. The maximum absolute atomic E-state index is 12.3. The lowest BCUT2D eigenvalue weighted by atomic mass is 10.1. The highest BCUT2D eigenvalue weighted by molar-refractivity contribution is 5.65. The van der Waals surface area contributed by atoms with Crippen LogP contribution < -0.4 is 11.5 Å². The Kier molecular flexibility index (Phi) is 2.70. The van der Waals surface area contributed by atoms with Gasteiger partial charge in [0.1, 0.15) is 5.56 Å². The topological polar surface area (TPSA) is 52.0 Å². The summed E-state index contributed by atoms with van der Waals surface area (Å²) in [6.07, 6.45) is -9.66. The van der Waals surface area contributed by atoms with Crippen LogP contribution in [0, 0.1) is 0 Å². The average Bonchev–Trinajstić information content (AvgIpc) is 1.97. The molecule has 0 aliphatic heterocycles. The molecule has 0 spiro atoms. The van der Waals surface area contributed by atoms with Crippen LogP contribution in [0.25, 0.3) is 0 Å². The van der Waals surface area contributed by atoms with Crippen molar-refractivity contribution in [3.05, 3.63) is 23.3 Å². The zero-order chi connectivity index (χ0) is 12.7. The molecule has 4 N–H and O–H groups in total. The highest BCUT2D eigenvalue weighted by Gasteiger charge is 2.38. The molecule has 0 aromatic heterocycles. The second-order valence-electron chi connectivity index (χ2n) is 3.03. The number of hydrogen-bond donors (Lipinski definition) is 2. The summed E-state index contributed by atoms with van der Waals surface area (Å²) in [5.41, 5.74) is 4.97. The zero-order valence-electron chi connectivity index (χ0n) is 7.58. The first-order valence-electron chi connectivity index (χ1n) is 3.87. The highest BCUT2D eigenvalue weighted by atomic mass is 19.4. The third kappa shape index (κ3) is 2.31. The van der Waals surface area contributed by atoms with E-state index in [1.165, 1.54) is 0 Å². The molecule has 1 rings (SSSR count). The molecule has 0 atom stereocenters. The van der Waals surface area contributed by atoms with Crippen LogP contribution in [0.15, 0.2) is 12.1 Å². The van der Waals surface area contributed by atoms with Gasteiger partial charge in [-0.25, -0.2) is 0 Å². The van der Waals surface area contributed by atoms with Gasteiger partial charge in [-0.2, -0.15) is 26.3 Å². The monoisotopic (exact) mass is 244 g/mol. The number of benzene rings is 1. The Balaban J connectivity index is 3.41. The summed E-state index contributed by atoms with van der Waals surface area (Å²) in [6.45, 7) is 0. The molecular weight excluding hydrogens is 238 g/mol. The van der Waals surface area contributed by atoms with E-state index >= 15 is 0 Å². The Morgan fingerprint density at radius 2 is 1.12 bits per heavy atom. The average molecular weight is 244 g/mol. The molecule has 1 aromatic carbocycles. The summed E-state index contributed by atoms with van der Waals surface area (Å²) in [5, 5.41) is 0.